The van der Waals surface area contributed by atoms with E-state index < -0.39 is 10.0 Å². The van der Waals surface area contributed by atoms with Crippen LogP contribution in [-0.4, -0.2) is 38.9 Å². The van der Waals surface area contributed by atoms with Gasteiger partial charge in [0.05, 0.1) is 0 Å². The fourth-order valence-electron chi connectivity index (χ4n) is 2.11. The molecule has 1 aliphatic heterocycles. The third kappa shape index (κ3) is 2.88. The highest BCUT2D eigenvalue weighted by atomic mass is 32.2. The van der Waals surface area contributed by atoms with E-state index in [1.54, 1.807) is 28.9 Å². The molecule has 0 aromatic carbocycles. The Morgan fingerprint density at radius 1 is 1.41 bits per heavy atom. The number of hydrogen-bond donors (Lipinski definition) is 1. The average Bonchev–Trinajstić information content (AvgIpc) is 2.72. The molecule has 1 atom stereocenters. The van der Waals surface area contributed by atoms with Crippen molar-refractivity contribution in [2.45, 2.75) is 29.5 Å². The van der Waals surface area contributed by atoms with Gasteiger partial charge in [-0.2, -0.15) is 4.31 Å². The Morgan fingerprint density at radius 3 is 2.94 bits per heavy atom. The molecular weight excluding hydrogens is 256 g/mol. The van der Waals surface area contributed by atoms with Gasteiger partial charge in [0.1, 0.15) is 4.21 Å². The molecule has 1 saturated heterocycles. The van der Waals surface area contributed by atoms with Crippen LogP contribution in [0.3, 0.4) is 0 Å². The third-order valence-electron chi connectivity index (χ3n) is 3.19. The normalized spacial score (nSPS) is 22.6. The van der Waals surface area contributed by atoms with E-state index in [-0.39, 0.29) is 6.04 Å². The van der Waals surface area contributed by atoms with Crippen molar-refractivity contribution in [1.29, 1.82) is 0 Å². The van der Waals surface area contributed by atoms with E-state index in [2.05, 4.69) is 5.32 Å². The highest BCUT2D eigenvalue weighted by molar-refractivity contribution is 7.91. The first-order chi connectivity index (χ1) is 8.12. The van der Waals surface area contributed by atoms with E-state index >= 15 is 0 Å². The summed E-state index contributed by atoms with van der Waals surface area (Å²) in [5.41, 5.74) is 0. The topological polar surface area (TPSA) is 49.4 Å². The number of hydrogen-bond acceptors (Lipinski definition) is 4. The first-order valence-electron chi connectivity index (χ1n) is 5.84. The average molecular weight is 274 g/mol. The lowest BCUT2D eigenvalue weighted by molar-refractivity contribution is 0.342. The van der Waals surface area contributed by atoms with Gasteiger partial charge < -0.3 is 5.32 Å². The summed E-state index contributed by atoms with van der Waals surface area (Å²) in [6, 6.07) is 3.57. The number of rotatable bonds is 3. The van der Waals surface area contributed by atoms with Crippen LogP contribution >= 0.6 is 11.3 Å². The van der Waals surface area contributed by atoms with Gasteiger partial charge in [0.2, 0.25) is 0 Å². The number of nitrogens with zero attached hydrogens (tertiary/aromatic N) is 1. The number of sulfonamides is 1. The lowest BCUT2D eigenvalue weighted by Gasteiger charge is -2.25. The van der Waals surface area contributed by atoms with E-state index in [0.29, 0.717) is 4.21 Å². The zero-order valence-electron chi connectivity index (χ0n) is 9.93. The van der Waals surface area contributed by atoms with E-state index in [9.17, 15) is 8.42 Å². The Kier molecular flexibility index (Phi) is 4.19. The van der Waals surface area contributed by atoms with E-state index in [1.807, 2.05) is 0 Å². The molecule has 1 aliphatic rings. The molecule has 1 unspecified atom stereocenters. The molecule has 6 heteroatoms. The second kappa shape index (κ2) is 5.48. The second-order valence-corrected chi connectivity index (χ2v) is 7.46. The van der Waals surface area contributed by atoms with Crippen molar-refractivity contribution in [1.82, 2.24) is 9.62 Å². The van der Waals surface area contributed by atoms with Gasteiger partial charge in [-0.1, -0.05) is 6.07 Å². The minimum atomic E-state index is -3.29. The molecule has 0 saturated carbocycles. The highest BCUT2D eigenvalue weighted by Gasteiger charge is 2.28. The quantitative estimate of drug-likeness (QED) is 0.909. The Labute approximate surface area is 107 Å². The highest BCUT2D eigenvalue weighted by Crippen LogP contribution is 2.24. The number of thiophene rings is 1. The van der Waals surface area contributed by atoms with Gasteiger partial charge in [0.15, 0.2) is 0 Å². The summed E-state index contributed by atoms with van der Waals surface area (Å²) in [5.74, 6) is 0. The minimum Gasteiger partial charge on any atom is -0.317 e. The fourth-order valence-corrected chi connectivity index (χ4v) is 4.70. The molecule has 2 heterocycles. The van der Waals surface area contributed by atoms with Crippen LogP contribution in [0.5, 0.6) is 0 Å². The standard InChI is InChI=1S/C11H18N2O2S2/c1-13(10-4-2-7-12-8-6-10)17(14,15)11-5-3-9-16-11/h3,5,9-10,12H,2,4,6-8H2,1H3. The summed E-state index contributed by atoms with van der Waals surface area (Å²) in [7, 11) is -1.59. The monoisotopic (exact) mass is 274 g/mol. The van der Waals surface area contributed by atoms with Crippen molar-refractivity contribution in [3.05, 3.63) is 17.5 Å². The lowest BCUT2D eigenvalue weighted by atomic mass is 10.1. The molecular formula is C11H18N2O2S2. The SMILES string of the molecule is CN(C1CCCNCC1)S(=O)(=O)c1cccs1. The van der Waals surface area contributed by atoms with Crippen molar-refractivity contribution in [3.8, 4) is 0 Å². The van der Waals surface area contributed by atoms with Crippen LogP contribution in [0.1, 0.15) is 19.3 Å². The van der Waals surface area contributed by atoms with E-state index in [4.69, 9.17) is 0 Å². The molecule has 0 radical (unpaired) electrons. The van der Waals surface area contributed by atoms with Crippen molar-refractivity contribution in [2.75, 3.05) is 20.1 Å². The largest absolute Gasteiger partial charge is 0.317 e. The lowest BCUT2D eigenvalue weighted by Crippen LogP contribution is -2.37. The molecule has 4 nitrogen and oxygen atoms in total. The van der Waals surface area contributed by atoms with Crippen molar-refractivity contribution in [3.63, 3.8) is 0 Å². The van der Waals surface area contributed by atoms with Crippen LogP contribution in [-0.2, 0) is 10.0 Å². The van der Waals surface area contributed by atoms with Crippen molar-refractivity contribution in [2.24, 2.45) is 0 Å². The molecule has 0 spiro atoms. The van der Waals surface area contributed by atoms with Crippen molar-refractivity contribution < 1.29 is 8.42 Å². The maximum absolute atomic E-state index is 12.3. The Balaban J connectivity index is 2.15. The van der Waals surface area contributed by atoms with Crippen LogP contribution in [0.2, 0.25) is 0 Å². The molecule has 1 aromatic heterocycles. The summed E-state index contributed by atoms with van der Waals surface area (Å²) >= 11 is 1.28. The smallest absolute Gasteiger partial charge is 0.252 e. The fraction of sp³-hybridized carbons (Fsp3) is 0.636. The predicted molar refractivity (Wildman–Crippen MR) is 69.8 cm³/mol. The van der Waals surface area contributed by atoms with Crippen LogP contribution < -0.4 is 5.32 Å². The second-order valence-electron chi connectivity index (χ2n) is 4.29. The predicted octanol–water partition coefficient (Wildman–Crippen LogP) is 1.51. The molecule has 17 heavy (non-hydrogen) atoms. The molecule has 1 aromatic rings. The van der Waals surface area contributed by atoms with Gasteiger partial charge in [0.25, 0.3) is 10.0 Å². The molecule has 2 rings (SSSR count). The zero-order valence-corrected chi connectivity index (χ0v) is 11.6. The van der Waals surface area contributed by atoms with Gasteiger partial charge in [0, 0.05) is 13.1 Å². The molecule has 0 bridgehead atoms. The molecule has 96 valence electrons. The summed E-state index contributed by atoms with van der Waals surface area (Å²) in [4.78, 5) is 0. The first-order valence-corrected chi connectivity index (χ1v) is 8.16. The Hall–Kier alpha value is -0.430. The minimum absolute atomic E-state index is 0.122. The van der Waals surface area contributed by atoms with Crippen LogP contribution in [0, 0.1) is 0 Å². The maximum Gasteiger partial charge on any atom is 0.252 e. The van der Waals surface area contributed by atoms with Gasteiger partial charge >= 0.3 is 0 Å². The Bertz CT molecular complexity index is 434. The first kappa shape index (κ1) is 13.0. The molecule has 1 fully saturated rings. The molecule has 0 aliphatic carbocycles. The summed E-state index contributed by atoms with van der Waals surface area (Å²) in [5, 5.41) is 5.10. The van der Waals surface area contributed by atoms with Crippen LogP contribution in [0.25, 0.3) is 0 Å². The van der Waals surface area contributed by atoms with Crippen LogP contribution in [0.15, 0.2) is 21.7 Å². The molecule has 0 amide bonds. The van der Waals surface area contributed by atoms with E-state index in [0.717, 1.165) is 32.4 Å². The molecule has 1 N–H and O–H groups in total. The van der Waals surface area contributed by atoms with Gasteiger partial charge in [-0.15, -0.1) is 11.3 Å². The van der Waals surface area contributed by atoms with Gasteiger partial charge in [-0.3, -0.25) is 0 Å². The van der Waals surface area contributed by atoms with Gasteiger partial charge in [-0.25, -0.2) is 8.42 Å². The Morgan fingerprint density at radius 2 is 2.24 bits per heavy atom. The van der Waals surface area contributed by atoms with Crippen LogP contribution in [0.4, 0.5) is 0 Å². The summed E-state index contributed by atoms with van der Waals surface area (Å²) in [6.45, 7) is 1.89. The maximum atomic E-state index is 12.3. The van der Waals surface area contributed by atoms with Gasteiger partial charge in [-0.05, 0) is 43.8 Å². The summed E-state index contributed by atoms with van der Waals surface area (Å²) < 4.78 is 26.6. The summed E-state index contributed by atoms with van der Waals surface area (Å²) in [6.07, 6.45) is 2.87. The zero-order chi connectivity index (χ0) is 12.3. The third-order valence-corrected chi connectivity index (χ3v) is 6.47. The number of nitrogens with one attached hydrogen (secondary N) is 1. The van der Waals surface area contributed by atoms with E-state index in [1.165, 1.54) is 11.3 Å². The van der Waals surface area contributed by atoms with Crippen molar-refractivity contribution >= 4 is 21.4 Å².